The summed E-state index contributed by atoms with van der Waals surface area (Å²) >= 11 is 0. The summed E-state index contributed by atoms with van der Waals surface area (Å²) < 4.78 is 56.2. The minimum absolute atomic E-state index is 0.0400. The molecule has 3 aliphatic rings. The van der Waals surface area contributed by atoms with Gasteiger partial charge < -0.3 is 15.6 Å². The van der Waals surface area contributed by atoms with Crippen LogP contribution in [0.1, 0.15) is 112 Å². The fourth-order valence-corrected chi connectivity index (χ4v) is 6.64. The number of alkyl halides is 4. The molecule has 8 nitrogen and oxygen atoms in total. The smallest absolute Gasteiger partial charge is 0.270 e. The average Bonchev–Trinajstić information content (AvgIpc) is 3.47. The second-order valence-electron chi connectivity index (χ2n) is 13.0. The molecule has 0 bridgehead atoms. The Hall–Kier alpha value is -3.44. The normalized spacial score (nSPS) is 21.8. The highest BCUT2D eigenvalue weighted by molar-refractivity contribution is 5.92. The molecule has 0 aliphatic heterocycles. The number of hydrogen-bond acceptors (Lipinski definition) is 4. The van der Waals surface area contributed by atoms with Crippen molar-refractivity contribution < 1.29 is 27.2 Å². The maximum Gasteiger partial charge on any atom is 0.270 e. The van der Waals surface area contributed by atoms with E-state index in [-0.39, 0.29) is 86.6 Å². The van der Waals surface area contributed by atoms with Crippen LogP contribution in [-0.4, -0.2) is 43.4 Å². The lowest BCUT2D eigenvalue weighted by atomic mass is 9.79. The SMILES string of the molecule is CC(C)n1nccc1C(=O)N[C@H](c1nc2cc([C@@H](NC(=O)CC3CC(F)(F)C3)C3CC3)ccc2[nH]1)C1CCC(F)(F)CC1. The molecule has 43 heavy (non-hydrogen) atoms. The van der Waals surface area contributed by atoms with E-state index in [1.807, 2.05) is 32.0 Å². The molecule has 3 N–H and O–H groups in total. The molecule has 2 aromatic heterocycles. The number of rotatable bonds is 10. The van der Waals surface area contributed by atoms with E-state index in [9.17, 15) is 27.2 Å². The van der Waals surface area contributed by atoms with Crippen molar-refractivity contribution >= 4 is 22.8 Å². The van der Waals surface area contributed by atoms with Crippen molar-refractivity contribution in [1.29, 1.82) is 0 Å². The van der Waals surface area contributed by atoms with Crippen LogP contribution in [0.25, 0.3) is 11.0 Å². The zero-order valence-corrected chi connectivity index (χ0v) is 24.4. The molecule has 3 aliphatic carbocycles. The van der Waals surface area contributed by atoms with E-state index in [1.54, 1.807) is 16.9 Å². The molecule has 3 saturated carbocycles. The van der Waals surface area contributed by atoms with Crippen LogP contribution >= 0.6 is 0 Å². The number of benzene rings is 1. The van der Waals surface area contributed by atoms with Crippen molar-refractivity contribution in [1.82, 2.24) is 30.4 Å². The monoisotopic (exact) mass is 602 g/mol. The lowest BCUT2D eigenvalue weighted by Crippen LogP contribution is -2.39. The van der Waals surface area contributed by atoms with Gasteiger partial charge in [0.25, 0.3) is 5.91 Å². The van der Waals surface area contributed by atoms with E-state index >= 15 is 0 Å². The summed E-state index contributed by atoms with van der Waals surface area (Å²) in [5.41, 5.74) is 2.62. The minimum atomic E-state index is -2.72. The Morgan fingerprint density at radius 2 is 1.67 bits per heavy atom. The molecule has 6 rings (SSSR count). The van der Waals surface area contributed by atoms with Gasteiger partial charge in [0.15, 0.2) is 0 Å². The predicted octanol–water partition coefficient (Wildman–Crippen LogP) is 6.64. The van der Waals surface area contributed by atoms with Crippen molar-refractivity contribution in [3.05, 3.63) is 47.5 Å². The van der Waals surface area contributed by atoms with Gasteiger partial charge >= 0.3 is 0 Å². The maximum atomic E-state index is 14.1. The molecule has 0 unspecified atom stereocenters. The third-order valence-corrected chi connectivity index (χ3v) is 9.15. The number of fused-ring (bicyclic) bond motifs is 1. The number of halogens is 4. The third-order valence-electron chi connectivity index (χ3n) is 9.15. The molecular formula is C31H38F4N6O2. The number of imidazole rings is 1. The Bertz CT molecular complexity index is 1480. The zero-order chi connectivity index (χ0) is 30.5. The highest BCUT2D eigenvalue weighted by atomic mass is 19.3. The summed E-state index contributed by atoms with van der Waals surface area (Å²) in [6.45, 7) is 3.84. The van der Waals surface area contributed by atoms with Gasteiger partial charge in [-0.05, 0) is 81.0 Å². The molecule has 2 atom stereocenters. The zero-order valence-electron chi connectivity index (χ0n) is 24.4. The van der Waals surface area contributed by atoms with Crippen molar-refractivity contribution in [3.63, 3.8) is 0 Å². The predicted molar refractivity (Wildman–Crippen MR) is 152 cm³/mol. The lowest BCUT2D eigenvalue weighted by molar-refractivity contribution is -0.134. The molecule has 2 amide bonds. The van der Waals surface area contributed by atoms with E-state index < -0.39 is 17.9 Å². The Morgan fingerprint density at radius 3 is 2.33 bits per heavy atom. The van der Waals surface area contributed by atoms with Gasteiger partial charge in [-0.3, -0.25) is 14.3 Å². The third kappa shape index (κ3) is 6.57. The fraction of sp³-hybridized carbons (Fsp3) is 0.613. The number of aromatic nitrogens is 4. The fourth-order valence-electron chi connectivity index (χ4n) is 6.64. The van der Waals surface area contributed by atoms with Gasteiger partial charge in [-0.2, -0.15) is 5.10 Å². The highest BCUT2D eigenvalue weighted by Gasteiger charge is 2.46. The Morgan fingerprint density at radius 1 is 0.977 bits per heavy atom. The van der Waals surface area contributed by atoms with E-state index in [0.717, 1.165) is 23.9 Å². The van der Waals surface area contributed by atoms with Crippen molar-refractivity contribution in [2.45, 2.75) is 102 Å². The second kappa shape index (κ2) is 11.2. The van der Waals surface area contributed by atoms with Crippen LogP contribution < -0.4 is 10.6 Å². The molecule has 2 heterocycles. The number of aromatic amines is 1. The van der Waals surface area contributed by atoms with Crippen LogP contribution in [0.5, 0.6) is 0 Å². The number of nitrogens with one attached hydrogen (secondary N) is 3. The number of carbonyl (C=O) groups is 2. The Balaban J connectivity index is 1.24. The second-order valence-corrected chi connectivity index (χ2v) is 13.0. The molecular weight excluding hydrogens is 564 g/mol. The standard InChI is InChI=1S/C31H38F4N6O2/c1-17(2)41-24(9-12-36-41)29(43)40-27(20-7-10-30(32,33)11-8-20)28-37-22-6-5-21(14-23(22)38-28)26(19-3-4-19)39-25(42)13-18-15-31(34,35)16-18/h5-6,9,12,14,17-20,26-27H,3-4,7-8,10-11,13,15-16H2,1-2H3,(H,37,38)(H,39,42)(H,40,43)/t26-,27-/m0/s1. The number of carbonyl (C=O) groups excluding carboxylic acids is 2. The summed E-state index contributed by atoms with van der Waals surface area (Å²) in [5, 5.41) is 10.4. The van der Waals surface area contributed by atoms with Crippen molar-refractivity contribution in [3.8, 4) is 0 Å². The van der Waals surface area contributed by atoms with E-state index in [0.29, 0.717) is 17.0 Å². The number of amides is 2. The summed E-state index contributed by atoms with van der Waals surface area (Å²) in [5.74, 6) is -5.73. The van der Waals surface area contributed by atoms with Gasteiger partial charge in [0.05, 0.1) is 23.1 Å². The number of hydrogen-bond donors (Lipinski definition) is 3. The average molecular weight is 603 g/mol. The van der Waals surface area contributed by atoms with Gasteiger partial charge in [0.1, 0.15) is 11.5 Å². The van der Waals surface area contributed by atoms with E-state index in [1.165, 1.54) is 0 Å². The first kappa shape index (κ1) is 29.6. The first-order valence-corrected chi connectivity index (χ1v) is 15.3. The van der Waals surface area contributed by atoms with Crippen LogP contribution in [0, 0.1) is 17.8 Å². The van der Waals surface area contributed by atoms with Gasteiger partial charge in [0, 0.05) is 44.3 Å². The van der Waals surface area contributed by atoms with E-state index in [2.05, 4.69) is 20.7 Å². The largest absolute Gasteiger partial charge is 0.349 e. The quantitative estimate of drug-likeness (QED) is 0.226. The van der Waals surface area contributed by atoms with Crippen LogP contribution in [0.15, 0.2) is 30.5 Å². The maximum absolute atomic E-state index is 14.1. The van der Waals surface area contributed by atoms with Gasteiger partial charge in [0.2, 0.25) is 17.8 Å². The first-order valence-electron chi connectivity index (χ1n) is 15.3. The Labute approximate surface area is 247 Å². The molecule has 1 aromatic carbocycles. The molecule has 232 valence electrons. The molecule has 0 spiro atoms. The van der Waals surface area contributed by atoms with Crippen LogP contribution in [0.3, 0.4) is 0 Å². The molecule has 0 radical (unpaired) electrons. The molecule has 12 heteroatoms. The van der Waals surface area contributed by atoms with Gasteiger partial charge in [-0.15, -0.1) is 0 Å². The van der Waals surface area contributed by atoms with Crippen LogP contribution in [0.2, 0.25) is 0 Å². The summed E-state index contributed by atoms with van der Waals surface area (Å²) in [7, 11) is 0. The topological polar surface area (TPSA) is 105 Å². The molecule has 0 saturated heterocycles. The number of H-pyrrole nitrogens is 1. The summed E-state index contributed by atoms with van der Waals surface area (Å²) in [6, 6.07) is 6.42. The Kier molecular flexibility index (Phi) is 7.75. The van der Waals surface area contributed by atoms with Gasteiger partial charge in [-0.25, -0.2) is 22.5 Å². The first-order chi connectivity index (χ1) is 20.4. The summed E-state index contributed by atoms with van der Waals surface area (Å²) in [6.07, 6.45) is 3.07. The number of nitrogens with zero attached hydrogens (tertiary/aromatic N) is 3. The van der Waals surface area contributed by atoms with Gasteiger partial charge in [-0.1, -0.05) is 6.07 Å². The summed E-state index contributed by atoms with van der Waals surface area (Å²) in [4.78, 5) is 34.3. The lowest BCUT2D eigenvalue weighted by Gasteiger charge is -2.34. The van der Waals surface area contributed by atoms with E-state index in [4.69, 9.17) is 4.98 Å². The highest BCUT2D eigenvalue weighted by Crippen LogP contribution is 2.45. The van der Waals surface area contributed by atoms with Crippen molar-refractivity contribution in [2.24, 2.45) is 17.8 Å². The van der Waals surface area contributed by atoms with Crippen molar-refractivity contribution in [2.75, 3.05) is 0 Å². The van der Waals surface area contributed by atoms with Crippen LogP contribution in [0.4, 0.5) is 17.6 Å². The molecule has 3 fully saturated rings. The van der Waals surface area contributed by atoms with Crippen LogP contribution in [-0.2, 0) is 4.79 Å². The minimum Gasteiger partial charge on any atom is -0.349 e. The molecule has 3 aromatic rings.